The van der Waals surface area contributed by atoms with E-state index in [2.05, 4.69) is 70.0 Å². The molecule has 0 aliphatic carbocycles. The van der Waals surface area contributed by atoms with Gasteiger partial charge in [0.25, 0.3) is 0 Å². The largest absolute Gasteiger partial charge is 0.335 e. The second-order valence-electron chi connectivity index (χ2n) is 6.33. The Hall–Kier alpha value is -2.13. The molecule has 0 amide bonds. The molecule has 0 saturated carbocycles. The van der Waals surface area contributed by atoms with Gasteiger partial charge in [0.2, 0.25) is 0 Å². The first kappa shape index (κ1) is 13.5. The second kappa shape index (κ2) is 5.58. The lowest BCUT2D eigenvalue weighted by atomic mass is 9.97. The third-order valence-corrected chi connectivity index (χ3v) is 4.69. The molecule has 22 heavy (non-hydrogen) atoms. The van der Waals surface area contributed by atoms with E-state index in [-0.39, 0.29) is 0 Å². The minimum atomic E-state index is 0.753. The van der Waals surface area contributed by atoms with Gasteiger partial charge in [-0.15, -0.1) is 0 Å². The van der Waals surface area contributed by atoms with Crippen LogP contribution in [0.3, 0.4) is 0 Å². The molecule has 4 rings (SSSR count). The fourth-order valence-electron chi connectivity index (χ4n) is 3.47. The molecule has 0 atom stereocenters. The van der Waals surface area contributed by atoms with Crippen LogP contribution in [-0.2, 0) is 13.1 Å². The fraction of sp³-hybridized carbons (Fsp3) is 0.316. The average molecular weight is 291 g/mol. The van der Waals surface area contributed by atoms with Crippen molar-refractivity contribution in [3.05, 3.63) is 66.2 Å². The highest BCUT2D eigenvalue weighted by molar-refractivity contribution is 5.85. The van der Waals surface area contributed by atoms with Gasteiger partial charge in [-0.3, -0.25) is 4.90 Å². The minimum Gasteiger partial charge on any atom is -0.335 e. The van der Waals surface area contributed by atoms with Crippen LogP contribution in [0.15, 0.2) is 54.9 Å². The molecule has 1 aromatic heterocycles. The van der Waals surface area contributed by atoms with E-state index in [1.165, 1.54) is 29.4 Å². The van der Waals surface area contributed by atoms with Crippen LogP contribution in [0.5, 0.6) is 0 Å². The fourth-order valence-corrected chi connectivity index (χ4v) is 3.47. The number of benzene rings is 2. The third kappa shape index (κ3) is 2.53. The summed E-state index contributed by atoms with van der Waals surface area (Å²) in [5.74, 6) is 1.87. The molecule has 3 nitrogen and oxygen atoms in total. The first-order chi connectivity index (χ1) is 10.8. The van der Waals surface area contributed by atoms with Crippen molar-refractivity contribution in [1.82, 2.24) is 14.5 Å². The molecule has 1 saturated heterocycles. The zero-order valence-electron chi connectivity index (χ0n) is 12.9. The van der Waals surface area contributed by atoms with E-state index in [0.717, 1.165) is 24.8 Å². The molecular weight excluding hydrogens is 270 g/mol. The summed E-state index contributed by atoms with van der Waals surface area (Å²) in [7, 11) is 0. The topological polar surface area (TPSA) is 21.1 Å². The summed E-state index contributed by atoms with van der Waals surface area (Å²) < 4.78 is 2.26. The first-order valence-corrected chi connectivity index (χ1v) is 7.96. The van der Waals surface area contributed by atoms with E-state index in [1.807, 2.05) is 6.20 Å². The minimum absolute atomic E-state index is 0.753. The highest BCUT2D eigenvalue weighted by Gasteiger charge is 2.27. The Morgan fingerprint density at radius 3 is 2.73 bits per heavy atom. The van der Waals surface area contributed by atoms with Crippen LogP contribution in [-0.4, -0.2) is 27.5 Å². The zero-order chi connectivity index (χ0) is 14.9. The average Bonchev–Trinajstić information content (AvgIpc) is 2.90. The van der Waals surface area contributed by atoms with Crippen LogP contribution >= 0.6 is 0 Å². The summed E-state index contributed by atoms with van der Waals surface area (Å²) in [6, 6.07) is 15.3. The highest BCUT2D eigenvalue weighted by atomic mass is 15.2. The van der Waals surface area contributed by atoms with Gasteiger partial charge in [-0.1, -0.05) is 42.5 Å². The second-order valence-corrected chi connectivity index (χ2v) is 6.33. The Balaban J connectivity index is 1.40. The number of fused-ring (bicyclic) bond motifs is 1. The van der Waals surface area contributed by atoms with Crippen LogP contribution in [0, 0.1) is 12.8 Å². The number of imidazole rings is 1. The standard InChI is InChI=1S/C19H21N3/c1-15-20-9-10-22(15)13-16-11-21(12-16)14-18-7-4-6-17-5-2-3-8-19(17)18/h2-10,16H,11-14H2,1H3. The first-order valence-electron chi connectivity index (χ1n) is 7.96. The number of nitrogens with zero attached hydrogens (tertiary/aromatic N) is 3. The van der Waals surface area contributed by atoms with Crippen molar-refractivity contribution in [2.75, 3.05) is 13.1 Å². The Morgan fingerprint density at radius 1 is 1.09 bits per heavy atom. The van der Waals surface area contributed by atoms with Gasteiger partial charge >= 0.3 is 0 Å². The van der Waals surface area contributed by atoms with Crippen LogP contribution in [0.2, 0.25) is 0 Å². The summed E-state index contributed by atoms with van der Waals surface area (Å²) in [4.78, 5) is 6.84. The van der Waals surface area contributed by atoms with Crippen molar-refractivity contribution in [2.24, 2.45) is 5.92 Å². The van der Waals surface area contributed by atoms with Gasteiger partial charge in [0.15, 0.2) is 0 Å². The van der Waals surface area contributed by atoms with Crippen molar-refractivity contribution in [1.29, 1.82) is 0 Å². The quantitative estimate of drug-likeness (QED) is 0.734. The van der Waals surface area contributed by atoms with Crippen LogP contribution < -0.4 is 0 Å². The normalized spacial score (nSPS) is 16.0. The molecule has 3 heteroatoms. The number of hydrogen-bond acceptors (Lipinski definition) is 2. The maximum Gasteiger partial charge on any atom is 0.105 e. The number of aromatic nitrogens is 2. The lowest BCUT2D eigenvalue weighted by Crippen LogP contribution is -2.47. The maximum absolute atomic E-state index is 4.30. The van der Waals surface area contributed by atoms with Crippen LogP contribution in [0.1, 0.15) is 11.4 Å². The van der Waals surface area contributed by atoms with Gasteiger partial charge in [0.1, 0.15) is 5.82 Å². The molecule has 0 spiro atoms. The molecule has 2 heterocycles. The van der Waals surface area contributed by atoms with E-state index >= 15 is 0 Å². The maximum atomic E-state index is 4.30. The number of likely N-dealkylation sites (tertiary alicyclic amines) is 1. The Kier molecular flexibility index (Phi) is 3.43. The lowest BCUT2D eigenvalue weighted by molar-refractivity contribution is 0.0803. The number of hydrogen-bond donors (Lipinski definition) is 0. The van der Waals surface area contributed by atoms with E-state index < -0.39 is 0 Å². The molecule has 0 bridgehead atoms. The van der Waals surface area contributed by atoms with Gasteiger partial charge in [0.05, 0.1) is 0 Å². The van der Waals surface area contributed by atoms with Crippen molar-refractivity contribution < 1.29 is 0 Å². The van der Waals surface area contributed by atoms with Crippen molar-refractivity contribution in [3.8, 4) is 0 Å². The van der Waals surface area contributed by atoms with E-state index in [1.54, 1.807) is 0 Å². The Bertz CT molecular complexity index is 779. The summed E-state index contributed by atoms with van der Waals surface area (Å²) in [5, 5.41) is 2.73. The van der Waals surface area contributed by atoms with Crippen LogP contribution in [0.25, 0.3) is 10.8 Å². The molecule has 3 aromatic rings. The van der Waals surface area contributed by atoms with Crippen molar-refractivity contribution in [3.63, 3.8) is 0 Å². The molecule has 1 aliphatic heterocycles. The molecule has 0 N–H and O–H groups in total. The van der Waals surface area contributed by atoms with Gasteiger partial charge in [-0.05, 0) is 23.3 Å². The van der Waals surface area contributed by atoms with Gasteiger partial charge in [-0.25, -0.2) is 4.98 Å². The lowest BCUT2D eigenvalue weighted by Gasteiger charge is -2.39. The van der Waals surface area contributed by atoms with Crippen molar-refractivity contribution >= 4 is 10.8 Å². The predicted octanol–water partition coefficient (Wildman–Crippen LogP) is 3.48. The van der Waals surface area contributed by atoms with Gasteiger partial charge in [-0.2, -0.15) is 0 Å². The monoisotopic (exact) mass is 291 g/mol. The molecule has 112 valence electrons. The van der Waals surface area contributed by atoms with E-state index in [9.17, 15) is 0 Å². The predicted molar refractivity (Wildman–Crippen MR) is 89.7 cm³/mol. The van der Waals surface area contributed by atoms with Crippen molar-refractivity contribution in [2.45, 2.75) is 20.0 Å². The molecule has 2 aromatic carbocycles. The zero-order valence-corrected chi connectivity index (χ0v) is 12.9. The van der Waals surface area contributed by atoms with Gasteiger partial charge in [0, 0.05) is 44.5 Å². The van der Waals surface area contributed by atoms with E-state index in [4.69, 9.17) is 0 Å². The molecule has 1 fully saturated rings. The molecule has 1 aliphatic rings. The van der Waals surface area contributed by atoms with Gasteiger partial charge < -0.3 is 4.57 Å². The highest BCUT2D eigenvalue weighted by Crippen LogP contribution is 2.25. The Labute approximate surface area is 131 Å². The summed E-state index contributed by atoms with van der Waals surface area (Å²) in [6.07, 6.45) is 3.98. The molecular formula is C19H21N3. The summed E-state index contributed by atoms with van der Waals surface area (Å²) in [6.45, 7) is 6.59. The summed E-state index contributed by atoms with van der Waals surface area (Å²) in [5.41, 5.74) is 1.44. The Morgan fingerprint density at radius 2 is 1.91 bits per heavy atom. The third-order valence-electron chi connectivity index (χ3n) is 4.69. The van der Waals surface area contributed by atoms with E-state index in [0.29, 0.717) is 0 Å². The smallest absolute Gasteiger partial charge is 0.105 e. The molecule has 0 radical (unpaired) electrons. The number of aryl methyl sites for hydroxylation is 1. The SMILES string of the molecule is Cc1nccn1CC1CN(Cc2cccc3ccccc23)C1. The summed E-state index contributed by atoms with van der Waals surface area (Å²) >= 11 is 0. The number of rotatable bonds is 4. The molecule has 0 unspecified atom stereocenters. The van der Waals surface area contributed by atoms with Crippen LogP contribution in [0.4, 0.5) is 0 Å².